The minimum absolute atomic E-state index is 0.124. The summed E-state index contributed by atoms with van der Waals surface area (Å²) >= 11 is 0. The summed E-state index contributed by atoms with van der Waals surface area (Å²) in [7, 11) is 1.62. The second-order valence-corrected chi connectivity index (χ2v) is 3.25. The number of rotatable bonds is 2. The Hall–Kier alpha value is -2.04. The van der Waals surface area contributed by atoms with E-state index in [1.807, 2.05) is 6.92 Å². The Bertz CT molecular complexity index is 415. The highest BCUT2D eigenvalue weighted by molar-refractivity contribution is 5.95. The molecule has 4 N–H and O–H groups in total. The summed E-state index contributed by atoms with van der Waals surface area (Å²) < 4.78 is 0. The van der Waals surface area contributed by atoms with E-state index in [2.05, 4.69) is 0 Å². The van der Waals surface area contributed by atoms with Crippen LogP contribution in [0.1, 0.15) is 15.9 Å². The molecule has 5 heteroatoms. The SMILES string of the molecule is Cc1ccc(C(=O)O)cc1N(C)C(=N)N. The average molecular weight is 207 g/mol. The van der Waals surface area contributed by atoms with Crippen LogP contribution in [0.15, 0.2) is 18.2 Å². The molecule has 0 unspecified atom stereocenters. The molecule has 1 aromatic carbocycles. The van der Waals surface area contributed by atoms with Gasteiger partial charge in [-0.25, -0.2) is 4.79 Å². The van der Waals surface area contributed by atoms with E-state index in [0.29, 0.717) is 5.69 Å². The predicted molar refractivity (Wildman–Crippen MR) is 58.5 cm³/mol. The lowest BCUT2D eigenvalue weighted by Gasteiger charge is -2.19. The van der Waals surface area contributed by atoms with E-state index >= 15 is 0 Å². The number of aromatic carboxylic acids is 1. The zero-order valence-corrected chi connectivity index (χ0v) is 8.61. The number of guanidine groups is 1. The minimum Gasteiger partial charge on any atom is -0.478 e. The molecule has 0 saturated carbocycles. The quantitative estimate of drug-likeness (QED) is 0.499. The zero-order valence-electron chi connectivity index (χ0n) is 8.61. The molecule has 0 spiro atoms. The fourth-order valence-corrected chi connectivity index (χ4v) is 1.23. The third kappa shape index (κ3) is 2.25. The number of carbonyl (C=O) groups is 1. The predicted octanol–water partition coefficient (Wildman–Crippen LogP) is 1.02. The molecular weight excluding hydrogens is 194 g/mol. The molecule has 0 aliphatic carbocycles. The fraction of sp³-hybridized carbons (Fsp3) is 0.200. The molecule has 80 valence electrons. The van der Waals surface area contributed by atoms with Crippen molar-refractivity contribution in [3.05, 3.63) is 29.3 Å². The molecule has 15 heavy (non-hydrogen) atoms. The number of carboxylic acid groups (broad SMARTS) is 1. The maximum atomic E-state index is 10.8. The number of nitrogens with two attached hydrogens (primary N) is 1. The van der Waals surface area contributed by atoms with Crippen LogP contribution < -0.4 is 10.6 Å². The maximum absolute atomic E-state index is 10.8. The van der Waals surface area contributed by atoms with Gasteiger partial charge in [0.25, 0.3) is 0 Å². The van der Waals surface area contributed by atoms with Gasteiger partial charge in [-0.15, -0.1) is 0 Å². The van der Waals surface area contributed by atoms with Crippen LogP contribution in [0, 0.1) is 12.3 Å². The number of carboxylic acids is 1. The van der Waals surface area contributed by atoms with Crippen molar-refractivity contribution in [2.45, 2.75) is 6.92 Å². The Balaban J connectivity index is 3.22. The minimum atomic E-state index is -0.992. The van der Waals surface area contributed by atoms with Crippen LogP contribution in [0.5, 0.6) is 0 Å². The van der Waals surface area contributed by atoms with E-state index in [1.165, 1.54) is 17.0 Å². The number of nitrogens with zero attached hydrogens (tertiary/aromatic N) is 1. The number of aryl methyl sites for hydroxylation is 1. The van der Waals surface area contributed by atoms with E-state index < -0.39 is 5.97 Å². The second-order valence-electron chi connectivity index (χ2n) is 3.25. The number of benzene rings is 1. The summed E-state index contributed by atoms with van der Waals surface area (Å²) in [6.07, 6.45) is 0. The average Bonchev–Trinajstić information content (AvgIpc) is 2.16. The van der Waals surface area contributed by atoms with Gasteiger partial charge in [-0.2, -0.15) is 0 Å². The molecule has 1 rings (SSSR count). The van der Waals surface area contributed by atoms with Crippen molar-refractivity contribution >= 4 is 17.6 Å². The van der Waals surface area contributed by atoms with Gasteiger partial charge in [0.2, 0.25) is 0 Å². The number of hydrogen-bond acceptors (Lipinski definition) is 2. The van der Waals surface area contributed by atoms with Crippen molar-refractivity contribution in [3.8, 4) is 0 Å². The van der Waals surface area contributed by atoms with E-state index in [9.17, 15) is 4.79 Å². The number of anilines is 1. The van der Waals surface area contributed by atoms with Crippen molar-refractivity contribution in [2.24, 2.45) is 5.73 Å². The highest BCUT2D eigenvalue weighted by Crippen LogP contribution is 2.20. The first-order valence-electron chi connectivity index (χ1n) is 4.35. The maximum Gasteiger partial charge on any atom is 0.335 e. The first-order valence-corrected chi connectivity index (χ1v) is 4.35. The van der Waals surface area contributed by atoms with E-state index in [-0.39, 0.29) is 11.5 Å². The topological polar surface area (TPSA) is 90.4 Å². The Labute approximate surface area is 87.6 Å². The van der Waals surface area contributed by atoms with Crippen molar-refractivity contribution < 1.29 is 9.90 Å². The fourth-order valence-electron chi connectivity index (χ4n) is 1.23. The Morgan fingerprint density at radius 1 is 1.53 bits per heavy atom. The van der Waals surface area contributed by atoms with Crippen LogP contribution in [0.3, 0.4) is 0 Å². The molecule has 1 aromatic rings. The largest absolute Gasteiger partial charge is 0.478 e. The van der Waals surface area contributed by atoms with Gasteiger partial charge >= 0.3 is 5.97 Å². The Morgan fingerprint density at radius 2 is 2.13 bits per heavy atom. The molecule has 0 amide bonds. The third-order valence-corrected chi connectivity index (χ3v) is 2.18. The molecule has 0 aliphatic heterocycles. The molecule has 0 aromatic heterocycles. The Morgan fingerprint density at radius 3 is 2.60 bits per heavy atom. The van der Waals surface area contributed by atoms with Crippen LogP contribution in [-0.2, 0) is 0 Å². The monoisotopic (exact) mass is 207 g/mol. The van der Waals surface area contributed by atoms with E-state index in [0.717, 1.165) is 5.56 Å². The van der Waals surface area contributed by atoms with E-state index in [4.69, 9.17) is 16.2 Å². The van der Waals surface area contributed by atoms with Crippen LogP contribution in [-0.4, -0.2) is 24.1 Å². The van der Waals surface area contributed by atoms with Crippen molar-refractivity contribution in [3.63, 3.8) is 0 Å². The lowest BCUT2D eigenvalue weighted by atomic mass is 10.1. The summed E-state index contributed by atoms with van der Waals surface area (Å²) in [4.78, 5) is 12.2. The summed E-state index contributed by atoms with van der Waals surface area (Å²) in [6.45, 7) is 1.83. The standard InChI is InChI=1S/C10H13N3O2/c1-6-3-4-7(9(14)15)5-8(6)13(2)10(11)12/h3-5H,1-2H3,(H3,11,12)(H,14,15). The molecule has 0 bridgehead atoms. The van der Waals surface area contributed by atoms with Crippen LogP contribution in [0.25, 0.3) is 0 Å². The zero-order chi connectivity index (χ0) is 11.6. The molecular formula is C10H13N3O2. The first kappa shape index (κ1) is 11.0. The van der Waals surface area contributed by atoms with Crippen LogP contribution in [0.4, 0.5) is 5.69 Å². The first-order chi connectivity index (χ1) is 6.93. The molecule has 0 saturated heterocycles. The lowest BCUT2D eigenvalue weighted by molar-refractivity contribution is 0.0697. The van der Waals surface area contributed by atoms with Crippen LogP contribution >= 0.6 is 0 Å². The van der Waals surface area contributed by atoms with Gasteiger partial charge in [-0.05, 0) is 24.6 Å². The molecule has 0 aliphatic rings. The molecule has 0 heterocycles. The van der Waals surface area contributed by atoms with Crippen LogP contribution in [0.2, 0.25) is 0 Å². The number of nitrogens with one attached hydrogen (secondary N) is 1. The van der Waals surface area contributed by atoms with Crippen molar-refractivity contribution in [1.82, 2.24) is 0 Å². The van der Waals surface area contributed by atoms with Gasteiger partial charge in [-0.1, -0.05) is 6.07 Å². The summed E-state index contributed by atoms with van der Waals surface area (Å²) in [6, 6.07) is 4.71. The van der Waals surface area contributed by atoms with Crippen molar-refractivity contribution in [2.75, 3.05) is 11.9 Å². The van der Waals surface area contributed by atoms with Gasteiger partial charge in [0.05, 0.1) is 5.56 Å². The third-order valence-electron chi connectivity index (χ3n) is 2.18. The number of hydrogen-bond donors (Lipinski definition) is 3. The lowest BCUT2D eigenvalue weighted by Crippen LogP contribution is -2.33. The molecule has 5 nitrogen and oxygen atoms in total. The smallest absolute Gasteiger partial charge is 0.335 e. The summed E-state index contributed by atoms with van der Waals surface area (Å²) in [5, 5.41) is 16.1. The summed E-state index contributed by atoms with van der Waals surface area (Å²) in [5.41, 5.74) is 7.01. The van der Waals surface area contributed by atoms with Crippen molar-refractivity contribution in [1.29, 1.82) is 5.41 Å². The molecule has 0 atom stereocenters. The van der Waals surface area contributed by atoms with Gasteiger partial charge < -0.3 is 15.7 Å². The van der Waals surface area contributed by atoms with Gasteiger partial charge in [0.1, 0.15) is 0 Å². The van der Waals surface area contributed by atoms with E-state index in [1.54, 1.807) is 13.1 Å². The highest BCUT2D eigenvalue weighted by atomic mass is 16.4. The summed E-state index contributed by atoms with van der Waals surface area (Å²) in [5.74, 6) is -1.12. The Kier molecular flexibility index (Phi) is 2.94. The van der Waals surface area contributed by atoms with Gasteiger partial charge in [0, 0.05) is 12.7 Å². The van der Waals surface area contributed by atoms with Gasteiger partial charge in [-0.3, -0.25) is 5.41 Å². The second kappa shape index (κ2) is 4.00. The molecule has 0 radical (unpaired) electrons. The van der Waals surface area contributed by atoms with Gasteiger partial charge in [0.15, 0.2) is 5.96 Å². The normalized spacial score (nSPS) is 9.73. The highest BCUT2D eigenvalue weighted by Gasteiger charge is 2.10. The molecule has 0 fully saturated rings.